The Labute approximate surface area is 156 Å². The van der Waals surface area contributed by atoms with E-state index in [1.165, 1.54) is 42.5 Å². The molecule has 0 saturated carbocycles. The maximum Gasteiger partial charge on any atom is 0.275 e. The molecule has 1 aromatic carbocycles. The number of nitrogens with zero attached hydrogens (tertiary/aromatic N) is 2. The number of fused-ring (bicyclic) bond motifs is 3. The zero-order valence-corrected chi connectivity index (χ0v) is 15.7. The summed E-state index contributed by atoms with van der Waals surface area (Å²) < 4.78 is 28.7. The van der Waals surface area contributed by atoms with Gasteiger partial charge in [-0.3, -0.25) is 14.0 Å². The number of amides is 1. The number of ketones is 1. The van der Waals surface area contributed by atoms with Crippen molar-refractivity contribution < 1.29 is 18.0 Å². The first kappa shape index (κ1) is 16.9. The van der Waals surface area contributed by atoms with Crippen LogP contribution >= 0.6 is 22.7 Å². The van der Waals surface area contributed by atoms with Crippen molar-refractivity contribution in [3.63, 3.8) is 0 Å². The topological polar surface area (TPSA) is 97.6 Å². The number of hydrogen-bond donors (Lipinski definition) is 1. The molecule has 26 heavy (non-hydrogen) atoms. The molecule has 0 aliphatic rings. The van der Waals surface area contributed by atoms with Crippen LogP contribution in [-0.2, 0) is 10.0 Å². The standard InChI is InChI=1S/C16H11N3O4S3/c1-9(20)10-2-4-11(5-3-10)26(22,23)18-14(21)13-8-12-15(25-13)17-16-19(12)6-7-24-16/h2-8H,1H3,(H,18,21). The predicted octanol–water partition coefficient (Wildman–Crippen LogP) is 2.93. The summed E-state index contributed by atoms with van der Waals surface area (Å²) in [6, 6.07) is 7.03. The number of sulfonamides is 1. The van der Waals surface area contributed by atoms with E-state index in [1.807, 2.05) is 16.0 Å². The SMILES string of the molecule is CC(=O)c1ccc(S(=O)(=O)NC(=O)c2cc3c(nc4sccn43)s2)cc1. The Morgan fingerprint density at radius 1 is 1.19 bits per heavy atom. The molecular formula is C16H11N3O4S3. The number of aromatic nitrogens is 2. The number of thiazole rings is 1. The first-order valence-corrected chi connectivity index (χ1v) is 10.6. The molecule has 0 aliphatic carbocycles. The van der Waals surface area contributed by atoms with E-state index >= 15 is 0 Å². The van der Waals surface area contributed by atoms with Crippen molar-refractivity contribution in [2.45, 2.75) is 11.8 Å². The molecule has 0 saturated heterocycles. The number of Topliss-reactive ketones (excluding diaryl/α,β-unsaturated/α-hetero) is 1. The Morgan fingerprint density at radius 2 is 1.92 bits per heavy atom. The molecule has 3 aromatic heterocycles. The van der Waals surface area contributed by atoms with Crippen molar-refractivity contribution in [3.8, 4) is 0 Å². The Balaban J connectivity index is 1.61. The molecule has 0 bridgehead atoms. The lowest BCUT2D eigenvalue weighted by molar-refractivity contribution is 0.0982. The second kappa shape index (κ2) is 6.01. The largest absolute Gasteiger partial charge is 0.295 e. The van der Waals surface area contributed by atoms with E-state index in [1.54, 1.807) is 6.07 Å². The second-order valence-corrected chi connectivity index (χ2v) is 9.07. The molecule has 0 atom stereocenters. The van der Waals surface area contributed by atoms with Crippen LogP contribution in [0.15, 0.2) is 46.8 Å². The average Bonchev–Trinajstić information content (AvgIpc) is 3.26. The molecule has 132 valence electrons. The van der Waals surface area contributed by atoms with Crippen LogP contribution in [0.2, 0.25) is 0 Å². The van der Waals surface area contributed by atoms with Crippen LogP contribution in [0.3, 0.4) is 0 Å². The van der Waals surface area contributed by atoms with E-state index in [-0.39, 0.29) is 15.6 Å². The molecule has 0 spiro atoms. The number of carbonyl (C=O) groups excluding carboxylic acids is 2. The normalized spacial score (nSPS) is 11.9. The summed E-state index contributed by atoms with van der Waals surface area (Å²) in [5.41, 5.74) is 1.16. The lowest BCUT2D eigenvalue weighted by atomic mass is 10.2. The maximum atomic E-state index is 12.4. The van der Waals surface area contributed by atoms with E-state index in [0.29, 0.717) is 10.4 Å². The van der Waals surface area contributed by atoms with E-state index in [0.717, 1.165) is 21.8 Å². The number of carbonyl (C=O) groups is 2. The van der Waals surface area contributed by atoms with E-state index in [9.17, 15) is 18.0 Å². The highest BCUT2D eigenvalue weighted by atomic mass is 32.2. The molecule has 0 fully saturated rings. The van der Waals surface area contributed by atoms with Gasteiger partial charge in [-0.25, -0.2) is 18.1 Å². The lowest BCUT2D eigenvalue weighted by Gasteiger charge is -2.06. The van der Waals surface area contributed by atoms with Gasteiger partial charge in [0, 0.05) is 17.1 Å². The van der Waals surface area contributed by atoms with Gasteiger partial charge in [0.2, 0.25) is 0 Å². The third kappa shape index (κ3) is 2.81. The highest BCUT2D eigenvalue weighted by Crippen LogP contribution is 2.28. The van der Waals surface area contributed by atoms with Gasteiger partial charge in [0.1, 0.15) is 4.83 Å². The first-order chi connectivity index (χ1) is 12.3. The Kier molecular flexibility index (Phi) is 3.90. The molecule has 4 aromatic rings. The fourth-order valence-corrected chi connectivity index (χ4v) is 5.19. The summed E-state index contributed by atoms with van der Waals surface area (Å²) in [5.74, 6) is -0.882. The van der Waals surface area contributed by atoms with Crippen LogP contribution in [0, 0.1) is 0 Å². The van der Waals surface area contributed by atoms with Gasteiger partial charge in [-0.1, -0.05) is 12.1 Å². The van der Waals surface area contributed by atoms with Crippen molar-refractivity contribution in [3.05, 3.63) is 52.3 Å². The van der Waals surface area contributed by atoms with Gasteiger partial charge in [0.25, 0.3) is 15.9 Å². The zero-order chi connectivity index (χ0) is 18.5. The van der Waals surface area contributed by atoms with Gasteiger partial charge in [-0.05, 0) is 25.1 Å². The van der Waals surface area contributed by atoms with Crippen LogP contribution in [0.25, 0.3) is 15.3 Å². The smallest absolute Gasteiger partial charge is 0.275 e. The summed E-state index contributed by atoms with van der Waals surface area (Å²) in [4.78, 5) is 29.7. The molecule has 1 N–H and O–H groups in total. The summed E-state index contributed by atoms with van der Waals surface area (Å²) in [5, 5.41) is 1.88. The fourth-order valence-electron chi connectivity index (χ4n) is 2.46. The number of imidazole rings is 1. The first-order valence-electron chi connectivity index (χ1n) is 7.38. The molecule has 7 nitrogen and oxygen atoms in total. The Morgan fingerprint density at radius 3 is 2.62 bits per heavy atom. The highest BCUT2D eigenvalue weighted by Gasteiger charge is 2.21. The molecule has 0 unspecified atom stereocenters. The molecule has 0 radical (unpaired) electrons. The lowest BCUT2D eigenvalue weighted by Crippen LogP contribution is -2.30. The Hall–Kier alpha value is -2.56. The van der Waals surface area contributed by atoms with Crippen molar-refractivity contribution in [1.29, 1.82) is 0 Å². The van der Waals surface area contributed by atoms with E-state index in [2.05, 4.69) is 9.71 Å². The van der Waals surface area contributed by atoms with Crippen molar-refractivity contribution in [2.75, 3.05) is 0 Å². The van der Waals surface area contributed by atoms with Crippen molar-refractivity contribution >= 4 is 59.7 Å². The summed E-state index contributed by atoms with van der Waals surface area (Å²) >= 11 is 2.61. The molecule has 3 heterocycles. The van der Waals surface area contributed by atoms with E-state index in [4.69, 9.17) is 0 Å². The van der Waals surface area contributed by atoms with Crippen LogP contribution in [0.1, 0.15) is 27.0 Å². The second-order valence-electron chi connectivity index (χ2n) is 5.48. The summed E-state index contributed by atoms with van der Waals surface area (Å²) in [6.07, 6.45) is 1.84. The van der Waals surface area contributed by atoms with Gasteiger partial charge in [-0.2, -0.15) is 0 Å². The minimum absolute atomic E-state index is 0.0841. The molecule has 1 amide bonds. The van der Waals surface area contributed by atoms with Crippen molar-refractivity contribution in [1.82, 2.24) is 14.1 Å². The molecule has 10 heteroatoms. The fraction of sp³-hybridized carbons (Fsp3) is 0.0625. The third-order valence-corrected chi connectivity index (χ3v) is 6.88. The van der Waals surface area contributed by atoms with Crippen LogP contribution in [0.4, 0.5) is 0 Å². The summed E-state index contributed by atoms with van der Waals surface area (Å²) in [6.45, 7) is 1.39. The van der Waals surface area contributed by atoms with Gasteiger partial charge >= 0.3 is 0 Å². The van der Waals surface area contributed by atoms with Gasteiger partial charge in [-0.15, -0.1) is 22.7 Å². The number of rotatable bonds is 4. The minimum atomic E-state index is -4.03. The zero-order valence-electron chi connectivity index (χ0n) is 13.3. The monoisotopic (exact) mass is 405 g/mol. The Bertz CT molecular complexity index is 1260. The van der Waals surface area contributed by atoms with Crippen LogP contribution in [-0.4, -0.2) is 29.5 Å². The van der Waals surface area contributed by atoms with Gasteiger partial charge in [0.05, 0.1) is 15.3 Å². The highest BCUT2D eigenvalue weighted by molar-refractivity contribution is 7.90. The van der Waals surface area contributed by atoms with Crippen LogP contribution in [0.5, 0.6) is 0 Å². The predicted molar refractivity (Wildman–Crippen MR) is 99.6 cm³/mol. The van der Waals surface area contributed by atoms with E-state index < -0.39 is 15.9 Å². The van der Waals surface area contributed by atoms with Crippen molar-refractivity contribution in [2.24, 2.45) is 0 Å². The molecule has 0 aliphatic heterocycles. The molecule has 4 rings (SSSR count). The van der Waals surface area contributed by atoms with Gasteiger partial charge < -0.3 is 0 Å². The quantitative estimate of drug-likeness (QED) is 0.527. The molecular weight excluding hydrogens is 394 g/mol. The maximum absolute atomic E-state index is 12.4. The average molecular weight is 405 g/mol. The third-order valence-electron chi connectivity index (χ3n) is 3.76. The number of nitrogens with one attached hydrogen (secondary N) is 1. The summed E-state index contributed by atoms with van der Waals surface area (Å²) in [7, 11) is -4.03. The minimum Gasteiger partial charge on any atom is -0.295 e. The number of hydrogen-bond acceptors (Lipinski definition) is 7. The van der Waals surface area contributed by atoms with Crippen LogP contribution < -0.4 is 4.72 Å². The van der Waals surface area contributed by atoms with Gasteiger partial charge in [0.15, 0.2) is 10.7 Å². The number of thiophene rings is 1. The number of benzene rings is 1.